The quantitative estimate of drug-likeness (QED) is 0.858. The summed E-state index contributed by atoms with van der Waals surface area (Å²) >= 11 is 0. The molecule has 1 unspecified atom stereocenters. The van der Waals surface area contributed by atoms with Crippen LogP contribution in [0, 0.1) is 0 Å². The first-order valence-corrected chi connectivity index (χ1v) is 6.46. The second-order valence-corrected chi connectivity index (χ2v) is 4.96. The minimum atomic E-state index is 0.262. The zero-order valence-corrected chi connectivity index (χ0v) is 10.8. The summed E-state index contributed by atoms with van der Waals surface area (Å²) in [6, 6.07) is 0.262. The van der Waals surface area contributed by atoms with E-state index in [0.29, 0.717) is 0 Å². The SMILES string of the molecule is CN(C)CCc1noc(C2CCCCCN2)n1. The lowest BCUT2D eigenvalue weighted by Crippen LogP contribution is -2.20. The standard InChI is InChI=1S/C12H22N4O/c1-16(2)9-7-11-14-12(17-15-11)10-6-4-3-5-8-13-10/h10,13H,3-9H2,1-2H3. The van der Waals surface area contributed by atoms with Gasteiger partial charge in [-0.05, 0) is 33.5 Å². The molecule has 1 aromatic rings. The molecule has 0 bridgehead atoms. The normalized spacial score (nSPS) is 21.7. The van der Waals surface area contributed by atoms with E-state index in [-0.39, 0.29) is 6.04 Å². The maximum absolute atomic E-state index is 5.35. The molecule has 17 heavy (non-hydrogen) atoms. The van der Waals surface area contributed by atoms with E-state index in [2.05, 4.69) is 20.4 Å². The average Bonchev–Trinajstić information content (AvgIpc) is 2.60. The van der Waals surface area contributed by atoms with Crippen molar-refractivity contribution in [2.45, 2.75) is 38.1 Å². The van der Waals surface area contributed by atoms with Gasteiger partial charge in [0.05, 0.1) is 6.04 Å². The van der Waals surface area contributed by atoms with Gasteiger partial charge in [0.1, 0.15) is 0 Å². The minimum Gasteiger partial charge on any atom is -0.338 e. The Morgan fingerprint density at radius 3 is 3.06 bits per heavy atom. The van der Waals surface area contributed by atoms with E-state index < -0.39 is 0 Å². The van der Waals surface area contributed by atoms with Gasteiger partial charge in [0.2, 0.25) is 5.89 Å². The zero-order valence-electron chi connectivity index (χ0n) is 10.8. The number of nitrogens with one attached hydrogen (secondary N) is 1. The second kappa shape index (κ2) is 6.12. The fraction of sp³-hybridized carbons (Fsp3) is 0.833. The third-order valence-electron chi connectivity index (χ3n) is 3.12. The summed E-state index contributed by atoms with van der Waals surface area (Å²) in [6.07, 6.45) is 5.74. The summed E-state index contributed by atoms with van der Waals surface area (Å²) in [5.41, 5.74) is 0. The molecule has 0 aliphatic carbocycles. The summed E-state index contributed by atoms with van der Waals surface area (Å²) in [5.74, 6) is 1.58. The molecule has 0 radical (unpaired) electrons. The van der Waals surface area contributed by atoms with Gasteiger partial charge in [-0.15, -0.1) is 0 Å². The Hall–Kier alpha value is -0.940. The highest BCUT2D eigenvalue weighted by Crippen LogP contribution is 2.21. The number of aromatic nitrogens is 2. The molecule has 96 valence electrons. The molecule has 2 heterocycles. The largest absolute Gasteiger partial charge is 0.338 e. The van der Waals surface area contributed by atoms with Gasteiger partial charge in [0, 0.05) is 13.0 Å². The number of hydrogen-bond donors (Lipinski definition) is 1. The van der Waals surface area contributed by atoms with Crippen molar-refractivity contribution in [2.24, 2.45) is 0 Å². The lowest BCUT2D eigenvalue weighted by atomic mass is 10.1. The van der Waals surface area contributed by atoms with Crippen LogP contribution in [0.5, 0.6) is 0 Å². The fourth-order valence-electron chi connectivity index (χ4n) is 2.07. The van der Waals surface area contributed by atoms with Crippen LogP contribution in [0.2, 0.25) is 0 Å². The van der Waals surface area contributed by atoms with Gasteiger partial charge in [0.25, 0.3) is 0 Å². The zero-order chi connectivity index (χ0) is 12.1. The van der Waals surface area contributed by atoms with Gasteiger partial charge in [-0.3, -0.25) is 0 Å². The third kappa shape index (κ3) is 3.78. The van der Waals surface area contributed by atoms with Crippen molar-refractivity contribution in [1.29, 1.82) is 0 Å². The Bertz CT molecular complexity index is 329. The number of nitrogens with zero attached hydrogens (tertiary/aromatic N) is 3. The smallest absolute Gasteiger partial charge is 0.243 e. The summed E-state index contributed by atoms with van der Waals surface area (Å²) in [6.45, 7) is 2.01. The molecule has 1 aliphatic rings. The van der Waals surface area contributed by atoms with E-state index in [1.165, 1.54) is 19.3 Å². The number of likely N-dealkylation sites (N-methyl/N-ethyl adjacent to an activating group) is 1. The summed E-state index contributed by atoms with van der Waals surface area (Å²) in [4.78, 5) is 6.61. The van der Waals surface area contributed by atoms with Crippen molar-refractivity contribution < 1.29 is 4.52 Å². The summed E-state index contributed by atoms with van der Waals surface area (Å²) in [7, 11) is 4.10. The monoisotopic (exact) mass is 238 g/mol. The van der Waals surface area contributed by atoms with Crippen LogP contribution in [0.25, 0.3) is 0 Å². The predicted molar refractivity (Wildman–Crippen MR) is 65.8 cm³/mol. The molecule has 5 nitrogen and oxygen atoms in total. The molecular weight excluding hydrogens is 216 g/mol. The van der Waals surface area contributed by atoms with Crippen molar-refractivity contribution >= 4 is 0 Å². The van der Waals surface area contributed by atoms with Gasteiger partial charge < -0.3 is 14.7 Å². The van der Waals surface area contributed by atoms with Crippen molar-refractivity contribution in [3.05, 3.63) is 11.7 Å². The van der Waals surface area contributed by atoms with Gasteiger partial charge in [-0.1, -0.05) is 18.0 Å². The Morgan fingerprint density at radius 2 is 2.24 bits per heavy atom. The number of rotatable bonds is 4. The van der Waals surface area contributed by atoms with Crippen molar-refractivity contribution in [1.82, 2.24) is 20.4 Å². The van der Waals surface area contributed by atoms with Crippen LogP contribution in [0.1, 0.15) is 43.4 Å². The van der Waals surface area contributed by atoms with E-state index in [0.717, 1.165) is 37.6 Å². The van der Waals surface area contributed by atoms with E-state index in [4.69, 9.17) is 4.52 Å². The molecule has 0 spiro atoms. The molecule has 1 aliphatic heterocycles. The van der Waals surface area contributed by atoms with Crippen LogP contribution >= 0.6 is 0 Å². The molecule has 5 heteroatoms. The van der Waals surface area contributed by atoms with E-state index in [1.807, 2.05) is 14.1 Å². The molecule has 0 amide bonds. The maximum atomic E-state index is 5.35. The highest BCUT2D eigenvalue weighted by molar-refractivity contribution is 4.94. The van der Waals surface area contributed by atoms with Crippen LogP contribution in [0.4, 0.5) is 0 Å². The minimum absolute atomic E-state index is 0.262. The highest BCUT2D eigenvalue weighted by atomic mass is 16.5. The molecule has 0 saturated carbocycles. The molecule has 2 rings (SSSR count). The fourth-order valence-corrected chi connectivity index (χ4v) is 2.07. The topological polar surface area (TPSA) is 54.2 Å². The van der Waals surface area contributed by atoms with Gasteiger partial charge in [-0.2, -0.15) is 4.98 Å². The molecule has 1 fully saturated rings. The number of hydrogen-bond acceptors (Lipinski definition) is 5. The third-order valence-corrected chi connectivity index (χ3v) is 3.12. The van der Waals surface area contributed by atoms with Crippen LogP contribution in [0.15, 0.2) is 4.52 Å². The van der Waals surface area contributed by atoms with Crippen LogP contribution in [-0.4, -0.2) is 42.2 Å². The first kappa shape index (κ1) is 12.5. The first-order valence-electron chi connectivity index (χ1n) is 6.46. The van der Waals surface area contributed by atoms with Crippen LogP contribution in [-0.2, 0) is 6.42 Å². The van der Waals surface area contributed by atoms with E-state index in [1.54, 1.807) is 0 Å². The van der Waals surface area contributed by atoms with Gasteiger partial charge >= 0.3 is 0 Å². The Labute approximate surface area is 103 Å². The highest BCUT2D eigenvalue weighted by Gasteiger charge is 2.19. The molecule has 1 aromatic heterocycles. The Kier molecular flexibility index (Phi) is 4.50. The van der Waals surface area contributed by atoms with Crippen molar-refractivity contribution in [2.75, 3.05) is 27.2 Å². The maximum Gasteiger partial charge on any atom is 0.243 e. The van der Waals surface area contributed by atoms with Crippen LogP contribution in [0.3, 0.4) is 0 Å². The lowest BCUT2D eigenvalue weighted by Gasteiger charge is -2.09. The summed E-state index contributed by atoms with van der Waals surface area (Å²) < 4.78 is 5.35. The van der Waals surface area contributed by atoms with Crippen molar-refractivity contribution in [3.8, 4) is 0 Å². The molecular formula is C12H22N4O. The van der Waals surface area contributed by atoms with Crippen molar-refractivity contribution in [3.63, 3.8) is 0 Å². The van der Waals surface area contributed by atoms with E-state index in [9.17, 15) is 0 Å². The summed E-state index contributed by atoms with van der Waals surface area (Å²) in [5, 5.41) is 7.51. The second-order valence-electron chi connectivity index (χ2n) is 4.96. The molecule has 1 saturated heterocycles. The van der Waals surface area contributed by atoms with E-state index >= 15 is 0 Å². The van der Waals surface area contributed by atoms with Crippen LogP contribution < -0.4 is 5.32 Å². The molecule has 1 atom stereocenters. The Morgan fingerprint density at radius 1 is 1.35 bits per heavy atom. The van der Waals surface area contributed by atoms with Gasteiger partial charge in [0.15, 0.2) is 5.82 Å². The van der Waals surface area contributed by atoms with Gasteiger partial charge in [-0.25, -0.2) is 0 Å². The predicted octanol–water partition coefficient (Wildman–Crippen LogP) is 1.38. The first-order chi connectivity index (χ1) is 8.25. The molecule has 1 N–H and O–H groups in total. The molecule has 0 aromatic carbocycles. The lowest BCUT2D eigenvalue weighted by molar-refractivity contribution is 0.323. The average molecular weight is 238 g/mol. The Balaban J connectivity index is 1.92.